The third-order valence-electron chi connectivity index (χ3n) is 1.83. The van der Waals surface area contributed by atoms with Gasteiger partial charge in [0, 0.05) is 12.1 Å². The van der Waals surface area contributed by atoms with Gasteiger partial charge in [0.15, 0.2) is 5.82 Å². The number of carbonyl (C=O) groups excluding carboxylic acids is 1. The lowest BCUT2D eigenvalue weighted by Crippen LogP contribution is -2.13. The summed E-state index contributed by atoms with van der Waals surface area (Å²) in [6.45, 7) is 1.71. The third-order valence-corrected chi connectivity index (χ3v) is 1.83. The maximum atomic E-state index is 11.6. The van der Waals surface area contributed by atoms with Crippen LogP contribution >= 0.6 is 0 Å². The van der Waals surface area contributed by atoms with Crippen LogP contribution in [0.5, 0.6) is 0 Å². The van der Waals surface area contributed by atoms with Gasteiger partial charge in [0.05, 0.1) is 5.56 Å². The van der Waals surface area contributed by atoms with Crippen molar-refractivity contribution >= 4 is 11.7 Å². The van der Waals surface area contributed by atoms with E-state index in [-0.39, 0.29) is 5.56 Å². The summed E-state index contributed by atoms with van der Waals surface area (Å²) in [5, 5.41) is 6.09. The average molecular weight is 220 g/mol. The van der Waals surface area contributed by atoms with Gasteiger partial charge in [-0.15, -0.1) is 0 Å². The number of rotatable bonds is 2. The number of hydrogen-bond donors (Lipinski definition) is 1. The zero-order chi connectivity index (χ0) is 11.5. The molecule has 16 heavy (non-hydrogen) atoms. The van der Waals surface area contributed by atoms with Gasteiger partial charge in [0.1, 0.15) is 12.0 Å². The summed E-state index contributed by atoms with van der Waals surface area (Å²) in [7, 11) is 0. The zero-order valence-corrected chi connectivity index (χ0v) is 8.39. The minimum atomic E-state index is -0.506. The van der Waals surface area contributed by atoms with E-state index in [2.05, 4.69) is 14.9 Å². The monoisotopic (exact) mass is 220 g/mol. The van der Waals surface area contributed by atoms with Gasteiger partial charge in [-0.2, -0.15) is 0 Å². The molecule has 2 rings (SSSR count). The van der Waals surface area contributed by atoms with Gasteiger partial charge < -0.3 is 14.3 Å². The summed E-state index contributed by atoms with van der Waals surface area (Å²) in [4.78, 5) is 22.3. The molecule has 1 N–H and O–H groups in total. The van der Waals surface area contributed by atoms with Crippen LogP contribution in [0.3, 0.4) is 0 Å². The summed E-state index contributed by atoms with van der Waals surface area (Å²) in [6.07, 6.45) is 1.09. The van der Waals surface area contributed by atoms with Crippen molar-refractivity contribution in [1.82, 2.24) is 5.16 Å². The van der Waals surface area contributed by atoms with Crippen LogP contribution < -0.4 is 10.9 Å². The van der Waals surface area contributed by atoms with E-state index in [4.69, 9.17) is 4.52 Å². The van der Waals surface area contributed by atoms with Crippen molar-refractivity contribution in [3.05, 3.63) is 46.2 Å². The van der Waals surface area contributed by atoms with E-state index in [9.17, 15) is 9.59 Å². The molecule has 82 valence electrons. The number of aryl methyl sites for hydroxylation is 1. The largest absolute Gasteiger partial charge is 0.430 e. The Morgan fingerprint density at radius 1 is 1.44 bits per heavy atom. The molecule has 0 aliphatic rings. The molecule has 0 aromatic carbocycles. The first-order chi connectivity index (χ1) is 7.65. The molecule has 0 aliphatic heterocycles. The van der Waals surface area contributed by atoms with Crippen LogP contribution in [0.2, 0.25) is 0 Å². The Balaban J connectivity index is 2.14. The van der Waals surface area contributed by atoms with E-state index in [1.54, 1.807) is 13.0 Å². The van der Waals surface area contributed by atoms with Crippen molar-refractivity contribution in [3.8, 4) is 0 Å². The number of hydrogen-bond acceptors (Lipinski definition) is 5. The number of anilines is 1. The van der Waals surface area contributed by atoms with Crippen LogP contribution in [0.25, 0.3) is 0 Å². The third kappa shape index (κ3) is 2.17. The number of nitrogens with zero attached hydrogens (tertiary/aromatic N) is 1. The Kier molecular flexibility index (Phi) is 2.55. The summed E-state index contributed by atoms with van der Waals surface area (Å²) < 4.78 is 9.34. The lowest BCUT2D eigenvalue weighted by Gasteiger charge is -1.98. The molecule has 2 aromatic heterocycles. The molecular formula is C10H8N2O4. The van der Waals surface area contributed by atoms with Gasteiger partial charge in [-0.3, -0.25) is 4.79 Å². The Morgan fingerprint density at radius 2 is 2.25 bits per heavy atom. The Morgan fingerprint density at radius 3 is 2.81 bits per heavy atom. The Hall–Kier alpha value is -2.37. The van der Waals surface area contributed by atoms with Crippen molar-refractivity contribution in [1.29, 1.82) is 0 Å². The molecule has 0 fully saturated rings. The van der Waals surface area contributed by atoms with E-state index in [0.717, 1.165) is 6.26 Å². The van der Waals surface area contributed by atoms with Gasteiger partial charge in [-0.1, -0.05) is 5.16 Å². The predicted octanol–water partition coefficient (Wildman–Crippen LogP) is 1.19. The summed E-state index contributed by atoms with van der Waals surface area (Å²) in [6, 6.07) is 4.12. The fraction of sp³-hybridized carbons (Fsp3) is 0.100. The first-order valence-electron chi connectivity index (χ1n) is 4.49. The molecule has 2 heterocycles. The highest BCUT2D eigenvalue weighted by Gasteiger charge is 2.09. The van der Waals surface area contributed by atoms with Crippen molar-refractivity contribution in [2.75, 3.05) is 5.32 Å². The van der Waals surface area contributed by atoms with E-state index in [1.807, 2.05) is 0 Å². The minimum absolute atomic E-state index is 0.236. The summed E-state index contributed by atoms with van der Waals surface area (Å²) >= 11 is 0. The molecule has 0 atom stereocenters. The van der Waals surface area contributed by atoms with Crippen molar-refractivity contribution in [2.24, 2.45) is 0 Å². The second-order valence-electron chi connectivity index (χ2n) is 3.12. The molecule has 0 radical (unpaired) electrons. The normalized spacial score (nSPS) is 10.1. The highest BCUT2D eigenvalue weighted by molar-refractivity contribution is 6.03. The first-order valence-corrected chi connectivity index (χ1v) is 4.49. The first kappa shape index (κ1) is 10.2. The van der Waals surface area contributed by atoms with Gasteiger partial charge in [0.2, 0.25) is 0 Å². The fourth-order valence-electron chi connectivity index (χ4n) is 1.10. The van der Waals surface area contributed by atoms with Crippen LogP contribution in [0, 0.1) is 6.92 Å². The fourth-order valence-corrected chi connectivity index (χ4v) is 1.10. The second kappa shape index (κ2) is 4.01. The van der Waals surface area contributed by atoms with Crippen molar-refractivity contribution in [3.63, 3.8) is 0 Å². The summed E-state index contributed by atoms with van der Waals surface area (Å²) in [5.74, 6) is 0.487. The molecule has 0 aliphatic carbocycles. The Labute approximate surface area is 89.9 Å². The Bertz CT molecular complexity index is 550. The lowest BCUT2D eigenvalue weighted by atomic mass is 10.3. The highest BCUT2D eigenvalue weighted by atomic mass is 16.5. The van der Waals surface area contributed by atoms with Gasteiger partial charge in [-0.25, -0.2) is 4.79 Å². The molecule has 2 aromatic rings. The SMILES string of the molecule is Cc1cc(NC(=O)c2ccc(=O)oc2)no1. The molecule has 1 amide bonds. The summed E-state index contributed by atoms with van der Waals surface area (Å²) in [5.41, 5.74) is -0.269. The maximum Gasteiger partial charge on any atom is 0.335 e. The molecule has 6 heteroatoms. The molecule has 0 unspecified atom stereocenters. The average Bonchev–Trinajstić information content (AvgIpc) is 2.65. The maximum absolute atomic E-state index is 11.6. The second-order valence-corrected chi connectivity index (χ2v) is 3.12. The molecule has 0 spiro atoms. The van der Waals surface area contributed by atoms with E-state index >= 15 is 0 Å². The van der Waals surface area contributed by atoms with Gasteiger partial charge in [-0.05, 0) is 13.0 Å². The van der Waals surface area contributed by atoms with Gasteiger partial charge >= 0.3 is 5.63 Å². The minimum Gasteiger partial charge on any atom is -0.430 e. The number of nitrogens with one attached hydrogen (secondary N) is 1. The van der Waals surface area contributed by atoms with E-state index in [0.29, 0.717) is 11.6 Å². The molecule has 0 saturated heterocycles. The van der Waals surface area contributed by atoms with Crippen LogP contribution in [-0.2, 0) is 0 Å². The van der Waals surface area contributed by atoms with Crippen LogP contribution in [0.1, 0.15) is 16.1 Å². The molecular weight excluding hydrogens is 212 g/mol. The van der Waals surface area contributed by atoms with Crippen LogP contribution in [0.4, 0.5) is 5.82 Å². The van der Waals surface area contributed by atoms with Crippen LogP contribution in [0.15, 0.2) is 38.2 Å². The number of aromatic nitrogens is 1. The molecule has 6 nitrogen and oxygen atoms in total. The quantitative estimate of drug-likeness (QED) is 0.821. The predicted molar refractivity (Wildman–Crippen MR) is 54.2 cm³/mol. The number of carbonyl (C=O) groups is 1. The van der Waals surface area contributed by atoms with Crippen molar-refractivity contribution in [2.45, 2.75) is 6.92 Å². The molecule has 0 saturated carbocycles. The van der Waals surface area contributed by atoms with E-state index < -0.39 is 11.5 Å². The van der Waals surface area contributed by atoms with Crippen LogP contribution in [-0.4, -0.2) is 11.1 Å². The molecule has 0 bridgehead atoms. The smallest absolute Gasteiger partial charge is 0.335 e. The van der Waals surface area contributed by atoms with Crippen molar-refractivity contribution < 1.29 is 13.7 Å². The van der Waals surface area contributed by atoms with Gasteiger partial charge in [0.25, 0.3) is 5.91 Å². The lowest BCUT2D eigenvalue weighted by molar-refractivity contribution is 0.102. The zero-order valence-electron chi connectivity index (χ0n) is 8.39. The standard InChI is InChI=1S/C10H8N2O4/c1-6-4-8(12-16-6)11-10(14)7-2-3-9(13)15-5-7/h2-5H,1H3,(H,11,12,14). The topological polar surface area (TPSA) is 85.3 Å². The van der Waals surface area contributed by atoms with E-state index in [1.165, 1.54) is 12.1 Å². The number of amides is 1. The highest BCUT2D eigenvalue weighted by Crippen LogP contribution is 2.08.